The Bertz CT molecular complexity index is 348. The van der Waals surface area contributed by atoms with Gasteiger partial charge in [0.1, 0.15) is 6.54 Å². The van der Waals surface area contributed by atoms with Crippen LogP contribution in [0.2, 0.25) is 0 Å². The topological polar surface area (TPSA) is 40.5 Å². The van der Waals surface area contributed by atoms with Crippen molar-refractivity contribution in [3.8, 4) is 11.5 Å². The number of benzene rings is 1. The lowest BCUT2D eigenvalue weighted by atomic mass is 10.1. The van der Waals surface area contributed by atoms with Gasteiger partial charge in [0.15, 0.2) is 11.5 Å². The van der Waals surface area contributed by atoms with Gasteiger partial charge in [-0.05, 0) is 18.6 Å². The molecule has 0 radical (unpaired) electrons. The Labute approximate surface area is 97.5 Å². The highest BCUT2D eigenvalue weighted by Crippen LogP contribution is 2.29. The minimum atomic E-state index is -0.0343. The Kier molecular flexibility index (Phi) is 4.19. The van der Waals surface area contributed by atoms with E-state index >= 15 is 0 Å². The molecule has 0 atom stereocenters. The van der Waals surface area contributed by atoms with Gasteiger partial charge in [-0.3, -0.25) is 0 Å². The molecule has 0 aliphatic heterocycles. The predicted molar refractivity (Wildman–Crippen MR) is 65.4 cm³/mol. The van der Waals surface area contributed by atoms with Gasteiger partial charge in [-0.25, -0.2) is 0 Å². The van der Waals surface area contributed by atoms with Gasteiger partial charge in [0.05, 0.1) is 26.2 Å². The predicted octanol–water partition coefficient (Wildman–Crippen LogP) is 2.47. The molecular weight excluding hydrogens is 202 g/mol. The van der Waals surface area contributed by atoms with Crippen LogP contribution in [0.3, 0.4) is 0 Å². The van der Waals surface area contributed by atoms with Gasteiger partial charge in [-0.1, -0.05) is 19.4 Å². The second kappa shape index (κ2) is 5.21. The van der Waals surface area contributed by atoms with Gasteiger partial charge >= 0.3 is 0 Å². The Hall–Kier alpha value is -1.22. The van der Waals surface area contributed by atoms with Crippen molar-refractivity contribution in [3.63, 3.8) is 0 Å². The van der Waals surface area contributed by atoms with Gasteiger partial charge in [-0.15, -0.1) is 0 Å². The van der Waals surface area contributed by atoms with Gasteiger partial charge in [0, 0.05) is 0 Å². The van der Waals surface area contributed by atoms with Crippen molar-refractivity contribution >= 4 is 0 Å². The van der Waals surface area contributed by atoms with Crippen LogP contribution in [0.4, 0.5) is 0 Å². The summed E-state index contributed by atoms with van der Waals surface area (Å²) in [7, 11) is 4.28. The maximum Gasteiger partial charge on any atom is 0.166 e. The second-order valence-corrected chi connectivity index (χ2v) is 4.96. The third-order valence-corrected chi connectivity index (χ3v) is 2.81. The molecule has 1 aromatic rings. The number of rotatable bonds is 5. The van der Waals surface area contributed by atoms with Crippen LogP contribution < -0.4 is 0 Å². The standard InChI is InChI=1S/C13H21NO2/c1-4-5-9-14(2,3)10-11-7-6-8-12(15)13(11)16/h6-8H,4-5,9-10H2,1-3H3,(H-,15,16)/p+1. The number of aromatic hydroxyl groups is 2. The summed E-state index contributed by atoms with van der Waals surface area (Å²) in [6, 6.07) is 5.14. The average Bonchev–Trinajstić information content (AvgIpc) is 2.22. The lowest BCUT2D eigenvalue weighted by Crippen LogP contribution is -2.39. The fourth-order valence-electron chi connectivity index (χ4n) is 1.83. The molecule has 0 aliphatic carbocycles. The van der Waals surface area contributed by atoms with Crippen LogP contribution in [0.25, 0.3) is 0 Å². The molecule has 3 heteroatoms. The maximum atomic E-state index is 9.73. The van der Waals surface area contributed by atoms with Crippen molar-refractivity contribution in [2.75, 3.05) is 20.6 Å². The van der Waals surface area contributed by atoms with E-state index in [1.807, 2.05) is 6.07 Å². The minimum Gasteiger partial charge on any atom is -0.504 e. The smallest absolute Gasteiger partial charge is 0.166 e. The summed E-state index contributed by atoms with van der Waals surface area (Å²) in [5.41, 5.74) is 0.807. The van der Waals surface area contributed by atoms with Gasteiger partial charge in [0.25, 0.3) is 0 Å². The molecule has 1 aromatic carbocycles. The summed E-state index contributed by atoms with van der Waals surface area (Å²) in [4.78, 5) is 0. The summed E-state index contributed by atoms with van der Waals surface area (Å²) < 4.78 is 0.824. The number of phenols is 2. The van der Waals surface area contributed by atoms with Crippen LogP contribution in [0.15, 0.2) is 18.2 Å². The maximum absolute atomic E-state index is 9.73. The number of para-hydroxylation sites is 1. The zero-order chi connectivity index (χ0) is 12.2. The van der Waals surface area contributed by atoms with Crippen LogP contribution in [-0.4, -0.2) is 35.3 Å². The molecule has 0 amide bonds. The van der Waals surface area contributed by atoms with Crippen molar-refractivity contribution in [3.05, 3.63) is 23.8 Å². The van der Waals surface area contributed by atoms with Crippen LogP contribution in [0.5, 0.6) is 11.5 Å². The van der Waals surface area contributed by atoms with Gasteiger partial charge in [-0.2, -0.15) is 0 Å². The third-order valence-electron chi connectivity index (χ3n) is 2.81. The lowest BCUT2D eigenvalue weighted by molar-refractivity contribution is -0.903. The highest BCUT2D eigenvalue weighted by Gasteiger charge is 2.18. The first-order chi connectivity index (χ1) is 7.46. The van der Waals surface area contributed by atoms with E-state index in [0.29, 0.717) is 0 Å². The van der Waals surface area contributed by atoms with Crippen LogP contribution >= 0.6 is 0 Å². The molecule has 0 aliphatic rings. The summed E-state index contributed by atoms with van der Waals surface area (Å²) >= 11 is 0. The normalized spacial score (nSPS) is 11.7. The molecule has 0 saturated heterocycles. The first-order valence-electron chi connectivity index (χ1n) is 5.78. The average molecular weight is 224 g/mol. The molecular formula is C13H22NO2+. The van der Waals surface area contributed by atoms with E-state index in [4.69, 9.17) is 0 Å². The van der Waals surface area contributed by atoms with Gasteiger partial charge in [0.2, 0.25) is 0 Å². The van der Waals surface area contributed by atoms with E-state index < -0.39 is 0 Å². The fraction of sp³-hybridized carbons (Fsp3) is 0.538. The van der Waals surface area contributed by atoms with Crippen LogP contribution in [-0.2, 0) is 6.54 Å². The molecule has 0 spiro atoms. The van der Waals surface area contributed by atoms with Crippen molar-refractivity contribution in [2.24, 2.45) is 0 Å². The number of phenolic OH excluding ortho intramolecular Hbond substituents is 2. The quantitative estimate of drug-likeness (QED) is 0.596. The third kappa shape index (κ3) is 3.42. The molecule has 0 bridgehead atoms. The molecule has 0 unspecified atom stereocenters. The zero-order valence-corrected chi connectivity index (χ0v) is 10.4. The molecule has 16 heavy (non-hydrogen) atoms. The Morgan fingerprint density at radius 3 is 2.50 bits per heavy atom. The van der Waals surface area contributed by atoms with Crippen molar-refractivity contribution in [1.29, 1.82) is 0 Å². The Morgan fingerprint density at radius 2 is 1.88 bits per heavy atom. The molecule has 0 fully saturated rings. The zero-order valence-electron chi connectivity index (χ0n) is 10.4. The van der Waals surface area contributed by atoms with Crippen LogP contribution in [0, 0.1) is 0 Å². The van der Waals surface area contributed by atoms with Crippen molar-refractivity contribution in [2.45, 2.75) is 26.3 Å². The number of hydrogen-bond acceptors (Lipinski definition) is 2. The van der Waals surface area contributed by atoms with E-state index in [1.54, 1.807) is 6.07 Å². The summed E-state index contributed by atoms with van der Waals surface area (Å²) in [6.45, 7) is 3.98. The number of unbranched alkanes of at least 4 members (excludes halogenated alkanes) is 1. The van der Waals surface area contributed by atoms with E-state index in [1.165, 1.54) is 18.9 Å². The molecule has 0 saturated carbocycles. The Morgan fingerprint density at radius 1 is 1.19 bits per heavy atom. The first-order valence-corrected chi connectivity index (χ1v) is 5.78. The Balaban J connectivity index is 2.75. The van der Waals surface area contributed by atoms with E-state index in [-0.39, 0.29) is 11.5 Å². The molecule has 0 aromatic heterocycles. The minimum absolute atomic E-state index is 0.0187. The van der Waals surface area contributed by atoms with E-state index in [0.717, 1.165) is 23.1 Å². The lowest BCUT2D eigenvalue weighted by Gasteiger charge is -2.30. The number of nitrogens with zero attached hydrogens (tertiary/aromatic N) is 1. The summed E-state index contributed by atoms with van der Waals surface area (Å²) in [5.74, 6) is -0.0156. The molecule has 90 valence electrons. The fourth-order valence-corrected chi connectivity index (χ4v) is 1.83. The molecule has 1 rings (SSSR count). The van der Waals surface area contributed by atoms with Gasteiger partial charge < -0.3 is 14.7 Å². The SMILES string of the molecule is CCCC[N+](C)(C)Cc1cccc(O)c1O. The molecule has 3 nitrogen and oxygen atoms in total. The monoisotopic (exact) mass is 224 g/mol. The highest BCUT2D eigenvalue weighted by atomic mass is 16.3. The molecule has 2 N–H and O–H groups in total. The number of quaternary nitrogens is 1. The van der Waals surface area contributed by atoms with Crippen LogP contribution in [0.1, 0.15) is 25.3 Å². The second-order valence-electron chi connectivity index (χ2n) is 4.96. The van der Waals surface area contributed by atoms with E-state index in [2.05, 4.69) is 21.0 Å². The van der Waals surface area contributed by atoms with Crippen molar-refractivity contribution < 1.29 is 14.7 Å². The highest BCUT2D eigenvalue weighted by molar-refractivity contribution is 5.43. The summed E-state index contributed by atoms with van der Waals surface area (Å²) in [6.07, 6.45) is 2.35. The largest absolute Gasteiger partial charge is 0.504 e. The first kappa shape index (κ1) is 12.8. The number of hydrogen-bond donors (Lipinski definition) is 2. The van der Waals surface area contributed by atoms with E-state index in [9.17, 15) is 10.2 Å². The molecule has 0 heterocycles. The van der Waals surface area contributed by atoms with Crippen molar-refractivity contribution in [1.82, 2.24) is 0 Å². The summed E-state index contributed by atoms with van der Waals surface area (Å²) in [5, 5.41) is 19.1.